The Morgan fingerprint density at radius 1 is 1.06 bits per heavy atom. The number of rotatable bonds is 5. The average molecular weight is 431 g/mol. The van der Waals surface area contributed by atoms with E-state index < -0.39 is 23.8 Å². The number of halogens is 4. The summed E-state index contributed by atoms with van der Waals surface area (Å²) in [6.45, 7) is -1.33. The van der Waals surface area contributed by atoms with Crippen molar-refractivity contribution in [1.82, 2.24) is 4.98 Å². The van der Waals surface area contributed by atoms with E-state index in [1.54, 1.807) is 19.1 Å². The monoisotopic (exact) mass is 431 g/mol. The second kappa shape index (κ2) is 7.90. The predicted octanol–water partition coefficient (Wildman–Crippen LogP) is 4.53. The van der Waals surface area contributed by atoms with Crippen LogP contribution in [0.5, 0.6) is 5.75 Å². The molecule has 3 aromatic rings. The van der Waals surface area contributed by atoms with Crippen LogP contribution >= 0.6 is 0 Å². The van der Waals surface area contributed by atoms with E-state index in [9.17, 15) is 17.6 Å². The summed E-state index contributed by atoms with van der Waals surface area (Å²) in [6, 6.07) is 10.0. The van der Waals surface area contributed by atoms with Gasteiger partial charge in [-0.25, -0.2) is 13.8 Å². The van der Waals surface area contributed by atoms with Crippen molar-refractivity contribution in [3.63, 3.8) is 0 Å². The quantitative estimate of drug-likeness (QED) is 0.603. The summed E-state index contributed by atoms with van der Waals surface area (Å²) in [6.07, 6.45) is 2.37. The molecule has 0 amide bonds. The molecule has 0 saturated heterocycles. The second-order valence-corrected chi connectivity index (χ2v) is 7.04. The standard InChI is InChI=1S/C22H17F4N3O2/c1-12-6-14(3-5-19(12)31-20(25)26)22(11-30-21(27)29-22)15-2-4-18(24)17(8-15)13-7-16(23)10-28-9-13/h2-10,20H,11H2,1H3,(H2,27,29). The molecule has 5 nitrogen and oxygen atoms in total. The van der Waals surface area contributed by atoms with Crippen LogP contribution in [0.2, 0.25) is 0 Å². The fourth-order valence-electron chi connectivity index (χ4n) is 3.59. The minimum atomic E-state index is -2.96. The van der Waals surface area contributed by atoms with Gasteiger partial charge < -0.3 is 15.2 Å². The van der Waals surface area contributed by atoms with Crippen LogP contribution in [0.25, 0.3) is 11.1 Å². The van der Waals surface area contributed by atoms with Crippen molar-refractivity contribution in [2.24, 2.45) is 10.7 Å². The summed E-state index contributed by atoms with van der Waals surface area (Å²) in [5.41, 5.74) is 6.57. The van der Waals surface area contributed by atoms with Gasteiger partial charge in [-0.1, -0.05) is 12.1 Å². The highest BCUT2D eigenvalue weighted by Gasteiger charge is 2.40. The van der Waals surface area contributed by atoms with Gasteiger partial charge in [-0.15, -0.1) is 0 Å². The van der Waals surface area contributed by atoms with Crippen molar-refractivity contribution in [2.75, 3.05) is 6.61 Å². The van der Waals surface area contributed by atoms with Gasteiger partial charge in [0.25, 0.3) is 6.02 Å². The molecule has 0 saturated carbocycles. The van der Waals surface area contributed by atoms with E-state index in [1.165, 1.54) is 36.5 Å². The van der Waals surface area contributed by atoms with Crippen LogP contribution in [0.3, 0.4) is 0 Å². The Hall–Kier alpha value is -3.62. The summed E-state index contributed by atoms with van der Waals surface area (Å²) >= 11 is 0. The Morgan fingerprint density at radius 3 is 2.45 bits per heavy atom. The zero-order valence-electron chi connectivity index (χ0n) is 16.3. The average Bonchev–Trinajstić information content (AvgIpc) is 3.12. The molecule has 2 N–H and O–H groups in total. The van der Waals surface area contributed by atoms with Gasteiger partial charge in [-0.05, 0) is 53.9 Å². The van der Waals surface area contributed by atoms with E-state index in [0.29, 0.717) is 16.7 Å². The maximum Gasteiger partial charge on any atom is 0.387 e. The lowest BCUT2D eigenvalue weighted by Crippen LogP contribution is -2.27. The first-order valence-corrected chi connectivity index (χ1v) is 9.23. The number of hydrogen-bond acceptors (Lipinski definition) is 5. The van der Waals surface area contributed by atoms with E-state index in [0.717, 1.165) is 6.20 Å². The topological polar surface area (TPSA) is 69.7 Å². The lowest BCUT2D eigenvalue weighted by Gasteiger charge is -2.27. The van der Waals surface area contributed by atoms with Crippen LogP contribution in [0, 0.1) is 18.6 Å². The molecular formula is C22H17F4N3O2. The largest absolute Gasteiger partial charge is 0.462 e. The molecule has 9 heteroatoms. The van der Waals surface area contributed by atoms with Gasteiger partial charge in [0.2, 0.25) is 0 Å². The molecule has 1 atom stereocenters. The molecule has 0 aliphatic carbocycles. The Balaban J connectivity index is 1.85. The van der Waals surface area contributed by atoms with Crippen molar-refractivity contribution < 1.29 is 27.0 Å². The highest BCUT2D eigenvalue weighted by molar-refractivity contribution is 5.76. The highest BCUT2D eigenvalue weighted by Crippen LogP contribution is 2.41. The van der Waals surface area contributed by atoms with Crippen molar-refractivity contribution in [2.45, 2.75) is 19.1 Å². The number of alkyl halides is 2. The van der Waals surface area contributed by atoms with Gasteiger partial charge in [0.1, 0.15) is 24.0 Å². The van der Waals surface area contributed by atoms with Crippen molar-refractivity contribution in [1.29, 1.82) is 0 Å². The van der Waals surface area contributed by atoms with Crippen molar-refractivity contribution >= 4 is 6.02 Å². The molecule has 0 radical (unpaired) electrons. The van der Waals surface area contributed by atoms with Crippen LogP contribution < -0.4 is 10.5 Å². The molecule has 1 aliphatic heterocycles. The molecule has 1 aliphatic rings. The normalized spacial score (nSPS) is 18.1. The third-order valence-corrected chi connectivity index (χ3v) is 5.06. The molecule has 4 rings (SSSR count). The molecule has 0 bridgehead atoms. The number of ether oxygens (including phenoxy) is 2. The zero-order valence-corrected chi connectivity index (χ0v) is 16.3. The van der Waals surface area contributed by atoms with E-state index >= 15 is 0 Å². The Kier molecular flexibility index (Phi) is 5.26. The molecule has 160 valence electrons. The number of benzene rings is 2. The van der Waals surface area contributed by atoms with Gasteiger partial charge >= 0.3 is 6.61 Å². The van der Waals surface area contributed by atoms with Gasteiger partial charge in [0.05, 0.1) is 6.20 Å². The zero-order chi connectivity index (χ0) is 22.2. The SMILES string of the molecule is Cc1cc(C2(c3ccc(F)c(-c4cncc(F)c4)c3)COC(N)=N2)ccc1OC(F)F. The van der Waals surface area contributed by atoms with Gasteiger partial charge in [0.15, 0.2) is 5.54 Å². The smallest absolute Gasteiger partial charge is 0.387 e. The van der Waals surface area contributed by atoms with Crippen molar-refractivity contribution in [3.8, 4) is 16.9 Å². The van der Waals surface area contributed by atoms with E-state index in [1.807, 2.05) is 0 Å². The molecular weight excluding hydrogens is 414 g/mol. The number of aryl methyl sites for hydroxylation is 1. The highest BCUT2D eigenvalue weighted by atomic mass is 19.3. The minimum absolute atomic E-state index is 0.0137. The lowest BCUT2D eigenvalue weighted by atomic mass is 9.82. The summed E-state index contributed by atoms with van der Waals surface area (Å²) in [5.74, 6) is -1.15. The predicted molar refractivity (Wildman–Crippen MR) is 106 cm³/mol. The number of aromatic nitrogens is 1. The Morgan fingerprint density at radius 2 is 1.81 bits per heavy atom. The summed E-state index contributed by atoms with van der Waals surface area (Å²) in [4.78, 5) is 8.22. The number of amidine groups is 1. The van der Waals surface area contributed by atoms with Crippen LogP contribution in [-0.4, -0.2) is 24.2 Å². The lowest BCUT2D eigenvalue weighted by molar-refractivity contribution is -0.0503. The first-order valence-electron chi connectivity index (χ1n) is 9.23. The Bertz CT molecular complexity index is 1170. The van der Waals surface area contributed by atoms with Crippen LogP contribution in [-0.2, 0) is 10.3 Å². The third-order valence-electron chi connectivity index (χ3n) is 5.06. The maximum atomic E-state index is 14.6. The molecule has 0 spiro atoms. The number of nitrogens with two attached hydrogens (primary N) is 1. The summed E-state index contributed by atoms with van der Waals surface area (Å²) in [5, 5.41) is 0. The Labute approximate surface area is 175 Å². The van der Waals surface area contributed by atoms with Crippen LogP contribution in [0.15, 0.2) is 59.9 Å². The fourth-order valence-corrected chi connectivity index (χ4v) is 3.59. The minimum Gasteiger partial charge on any atom is -0.462 e. The van der Waals surface area contributed by atoms with E-state index in [4.69, 9.17) is 10.5 Å². The van der Waals surface area contributed by atoms with Crippen LogP contribution in [0.1, 0.15) is 16.7 Å². The van der Waals surface area contributed by atoms with Gasteiger partial charge in [-0.3, -0.25) is 4.98 Å². The molecule has 31 heavy (non-hydrogen) atoms. The van der Waals surface area contributed by atoms with E-state index in [-0.39, 0.29) is 29.5 Å². The van der Waals surface area contributed by atoms with Crippen LogP contribution in [0.4, 0.5) is 17.6 Å². The molecule has 2 heterocycles. The van der Waals surface area contributed by atoms with Gasteiger partial charge in [-0.2, -0.15) is 8.78 Å². The summed E-state index contributed by atoms with van der Waals surface area (Å²) < 4.78 is 63.4. The third kappa shape index (κ3) is 3.90. The number of nitrogens with zero attached hydrogens (tertiary/aromatic N) is 2. The fraction of sp³-hybridized carbons (Fsp3) is 0.182. The summed E-state index contributed by atoms with van der Waals surface area (Å²) in [7, 11) is 0. The molecule has 0 fully saturated rings. The second-order valence-electron chi connectivity index (χ2n) is 7.04. The van der Waals surface area contributed by atoms with Gasteiger partial charge in [0, 0.05) is 17.3 Å². The van der Waals surface area contributed by atoms with Crippen molar-refractivity contribution in [3.05, 3.63) is 83.2 Å². The first kappa shape index (κ1) is 20.6. The maximum absolute atomic E-state index is 14.6. The number of aliphatic imine (C=N–C) groups is 1. The molecule has 1 aromatic heterocycles. The molecule has 1 unspecified atom stereocenters. The van der Waals surface area contributed by atoms with E-state index in [2.05, 4.69) is 14.7 Å². The first-order chi connectivity index (χ1) is 14.8. The molecule has 2 aromatic carbocycles. The number of hydrogen-bond donors (Lipinski definition) is 1. The number of pyridine rings is 1.